The molecule has 1 saturated heterocycles. The molecule has 13 heteroatoms. The molecule has 1 aromatic heterocycles. The number of aliphatic carboxylic acids is 1. The second kappa shape index (κ2) is 11.8. The fourth-order valence-electron chi connectivity index (χ4n) is 4.43. The smallest absolute Gasteiger partial charge is 0.326 e. The number of amides is 4. The molecule has 1 aromatic carbocycles. The molecule has 1 fully saturated rings. The summed E-state index contributed by atoms with van der Waals surface area (Å²) in [4.78, 5) is 65.9. The first kappa shape index (κ1) is 27.6. The highest BCUT2D eigenvalue weighted by Gasteiger charge is 2.40. The maximum absolute atomic E-state index is 13.2. The van der Waals surface area contributed by atoms with E-state index in [2.05, 4.69) is 15.6 Å². The number of H-pyrrole nitrogens is 1. The summed E-state index contributed by atoms with van der Waals surface area (Å²) in [6, 6.07) is 2.39. The molecular formula is C24H32N6O7. The van der Waals surface area contributed by atoms with Gasteiger partial charge in [-0.05, 0) is 31.4 Å². The van der Waals surface area contributed by atoms with Gasteiger partial charge in [0, 0.05) is 30.1 Å². The van der Waals surface area contributed by atoms with Crippen molar-refractivity contribution in [1.82, 2.24) is 20.5 Å². The van der Waals surface area contributed by atoms with Crippen LogP contribution in [-0.2, 0) is 30.4 Å². The van der Waals surface area contributed by atoms with Gasteiger partial charge in [-0.15, -0.1) is 0 Å². The van der Waals surface area contributed by atoms with Gasteiger partial charge in [0.15, 0.2) is 0 Å². The van der Waals surface area contributed by atoms with Crippen molar-refractivity contribution in [1.29, 1.82) is 0 Å². The Morgan fingerprint density at radius 1 is 1.19 bits per heavy atom. The van der Waals surface area contributed by atoms with E-state index in [1.807, 2.05) is 24.3 Å². The number of fused-ring (bicyclic) bond motifs is 1. The van der Waals surface area contributed by atoms with Crippen LogP contribution >= 0.6 is 0 Å². The molecule has 200 valence electrons. The molecule has 37 heavy (non-hydrogen) atoms. The quantitative estimate of drug-likeness (QED) is 0.183. The number of aromatic nitrogens is 1. The molecule has 5 unspecified atom stereocenters. The number of hydrogen-bond donors (Lipinski definition) is 7. The number of likely N-dealkylation sites (tertiary alicyclic amines) is 1. The maximum atomic E-state index is 13.2. The Labute approximate surface area is 212 Å². The number of primary amides is 1. The second-order valence-corrected chi connectivity index (χ2v) is 9.16. The van der Waals surface area contributed by atoms with Crippen LogP contribution in [-0.4, -0.2) is 86.5 Å². The molecule has 0 spiro atoms. The minimum absolute atomic E-state index is 0.0237. The lowest BCUT2D eigenvalue weighted by Crippen LogP contribution is -2.59. The number of carbonyl (C=O) groups excluding carboxylic acids is 4. The maximum Gasteiger partial charge on any atom is 0.326 e. The van der Waals surface area contributed by atoms with E-state index >= 15 is 0 Å². The number of aromatic amines is 1. The van der Waals surface area contributed by atoms with Crippen molar-refractivity contribution in [2.24, 2.45) is 11.5 Å². The normalized spacial score (nSPS) is 18.6. The lowest BCUT2D eigenvalue weighted by Gasteiger charge is -2.31. The number of carbonyl (C=O) groups is 5. The molecular weight excluding hydrogens is 484 g/mol. The molecule has 0 aliphatic carbocycles. The van der Waals surface area contributed by atoms with Crippen LogP contribution in [0.5, 0.6) is 0 Å². The van der Waals surface area contributed by atoms with Crippen LogP contribution < -0.4 is 22.1 Å². The Kier molecular flexibility index (Phi) is 8.84. The minimum atomic E-state index is -1.43. The van der Waals surface area contributed by atoms with Gasteiger partial charge in [-0.2, -0.15) is 0 Å². The van der Waals surface area contributed by atoms with Crippen molar-refractivity contribution < 1.29 is 34.2 Å². The number of aliphatic hydroxyl groups is 1. The molecule has 5 atom stereocenters. The van der Waals surface area contributed by atoms with E-state index in [1.165, 1.54) is 11.8 Å². The van der Waals surface area contributed by atoms with Crippen LogP contribution in [0.2, 0.25) is 0 Å². The van der Waals surface area contributed by atoms with Crippen LogP contribution in [0.3, 0.4) is 0 Å². The molecule has 0 saturated carbocycles. The van der Waals surface area contributed by atoms with Crippen molar-refractivity contribution in [2.75, 3.05) is 6.54 Å². The van der Waals surface area contributed by atoms with Gasteiger partial charge in [0.25, 0.3) is 0 Å². The molecule has 2 aromatic rings. The third-order valence-corrected chi connectivity index (χ3v) is 6.36. The average molecular weight is 517 g/mol. The van der Waals surface area contributed by atoms with Crippen molar-refractivity contribution in [2.45, 2.75) is 62.9 Å². The van der Waals surface area contributed by atoms with E-state index in [0.717, 1.165) is 10.9 Å². The van der Waals surface area contributed by atoms with E-state index in [9.17, 15) is 34.2 Å². The van der Waals surface area contributed by atoms with Gasteiger partial charge in [0.1, 0.15) is 18.1 Å². The second-order valence-electron chi connectivity index (χ2n) is 9.16. The number of nitrogens with two attached hydrogens (primary N) is 2. The predicted molar refractivity (Wildman–Crippen MR) is 132 cm³/mol. The van der Waals surface area contributed by atoms with Gasteiger partial charge in [0.2, 0.25) is 23.6 Å². The Balaban J connectivity index is 1.71. The number of para-hydroxylation sites is 1. The molecule has 1 aliphatic rings. The summed E-state index contributed by atoms with van der Waals surface area (Å²) < 4.78 is 0. The Morgan fingerprint density at radius 3 is 2.54 bits per heavy atom. The van der Waals surface area contributed by atoms with Gasteiger partial charge in [-0.25, -0.2) is 4.79 Å². The predicted octanol–water partition coefficient (Wildman–Crippen LogP) is -1.66. The Hall–Kier alpha value is -3.97. The molecule has 2 heterocycles. The third kappa shape index (κ3) is 6.62. The highest BCUT2D eigenvalue weighted by molar-refractivity contribution is 5.95. The summed E-state index contributed by atoms with van der Waals surface area (Å²) in [6.45, 7) is 1.46. The van der Waals surface area contributed by atoms with Crippen LogP contribution in [0.25, 0.3) is 10.9 Å². The molecule has 3 rings (SSSR count). The Morgan fingerprint density at radius 2 is 1.89 bits per heavy atom. The number of carboxylic acid groups (broad SMARTS) is 1. The highest BCUT2D eigenvalue weighted by atomic mass is 16.4. The summed E-state index contributed by atoms with van der Waals surface area (Å²) in [7, 11) is 0. The zero-order valence-electron chi connectivity index (χ0n) is 20.3. The van der Waals surface area contributed by atoms with E-state index < -0.39 is 66.3 Å². The van der Waals surface area contributed by atoms with Gasteiger partial charge in [-0.1, -0.05) is 18.2 Å². The summed E-state index contributed by atoms with van der Waals surface area (Å²) in [6.07, 6.45) is 0.668. The first-order chi connectivity index (χ1) is 17.5. The molecule has 13 nitrogen and oxygen atoms in total. The number of rotatable bonds is 11. The lowest BCUT2D eigenvalue weighted by atomic mass is 10.0. The van der Waals surface area contributed by atoms with Crippen LogP contribution in [0, 0.1) is 0 Å². The van der Waals surface area contributed by atoms with Gasteiger partial charge in [-0.3, -0.25) is 19.2 Å². The van der Waals surface area contributed by atoms with E-state index in [0.29, 0.717) is 12.0 Å². The fraction of sp³-hybridized carbons (Fsp3) is 0.458. The average Bonchev–Trinajstić information content (AvgIpc) is 3.48. The lowest BCUT2D eigenvalue weighted by molar-refractivity contribution is -0.146. The van der Waals surface area contributed by atoms with Gasteiger partial charge in [0.05, 0.1) is 18.6 Å². The first-order valence-electron chi connectivity index (χ1n) is 11.9. The number of benzene rings is 1. The van der Waals surface area contributed by atoms with E-state index in [4.69, 9.17) is 11.5 Å². The SMILES string of the molecule is CC(O)C(NC(=O)C(N)CC(N)=O)C(=O)N1CCCC1C(=O)NC(Cc1c[nH]c2ccccc12)C(=O)O. The van der Waals surface area contributed by atoms with Crippen molar-refractivity contribution in [3.05, 3.63) is 36.0 Å². The first-order valence-corrected chi connectivity index (χ1v) is 11.9. The molecule has 1 aliphatic heterocycles. The summed E-state index contributed by atoms with van der Waals surface area (Å²) in [5.41, 5.74) is 12.2. The fourth-order valence-corrected chi connectivity index (χ4v) is 4.43. The number of nitrogens with zero attached hydrogens (tertiary/aromatic N) is 1. The molecule has 0 bridgehead atoms. The monoisotopic (exact) mass is 516 g/mol. The van der Waals surface area contributed by atoms with E-state index in [1.54, 1.807) is 6.20 Å². The zero-order valence-corrected chi connectivity index (χ0v) is 20.3. The zero-order chi connectivity index (χ0) is 27.3. The minimum Gasteiger partial charge on any atom is -0.480 e. The third-order valence-electron chi connectivity index (χ3n) is 6.36. The van der Waals surface area contributed by atoms with Crippen molar-refractivity contribution >= 4 is 40.5 Å². The van der Waals surface area contributed by atoms with Crippen LogP contribution in [0.4, 0.5) is 0 Å². The van der Waals surface area contributed by atoms with Crippen molar-refractivity contribution in [3.63, 3.8) is 0 Å². The summed E-state index contributed by atoms with van der Waals surface area (Å²) >= 11 is 0. The Bertz CT molecular complexity index is 1180. The molecule has 4 amide bonds. The van der Waals surface area contributed by atoms with Gasteiger partial charge < -0.3 is 42.2 Å². The van der Waals surface area contributed by atoms with E-state index in [-0.39, 0.29) is 19.4 Å². The standard InChI is InChI=1S/C24H32N6O7/c1-12(31)20(29-21(33)15(25)10-19(26)32)23(35)30-8-4-7-18(30)22(34)28-17(24(36)37)9-13-11-27-16-6-3-2-5-14(13)16/h2-3,5-6,11-12,15,17-18,20,27,31H,4,7-10,25H2,1H3,(H2,26,32)(H,28,34)(H,29,33)(H,36,37). The largest absolute Gasteiger partial charge is 0.480 e. The molecule has 0 radical (unpaired) electrons. The highest BCUT2D eigenvalue weighted by Crippen LogP contribution is 2.22. The number of hydrogen-bond acceptors (Lipinski definition) is 7. The van der Waals surface area contributed by atoms with Crippen molar-refractivity contribution in [3.8, 4) is 0 Å². The number of nitrogens with one attached hydrogen (secondary N) is 3. The number of aliphatic hydroxyl groups excluding tert-OH is 1. The summed E-state index contributed by atoms with van der Waals surface area (Å²) in [5, 5.41) is 25.6. The molecule has 9 N–H and O–H groups in total. The topological polar surface area (TPSA) is 221 Å². The van der Waals surface area contributed by atoms with Crippen LogP contribution in [0.1, 0.15) is 31.7 Å². The van der Waals surface area contributed by atoms with Gasteiger partial charge >= 0.3 is 5.97 Å². The van der Waals surface area contributed by atoms with Crippen LogP contribution in [0.15, 0.2) is 30.5 Å². The summed E-state index contributed by atoms with van der Waals surface area (Å²) in [5.74, 6) is -4.27. The number of carboxylic acids is 1.